The van der Waals surface area contributed by atoms with Gasteiger partial charge in [-0.3, -0.25) is 0 Å². The lowest BCUT2D eigenvalue weighted by Crippen LogP contribution is -1.97. The minimum absolute atomic E-state index is 0.593. The fraction of sp³-hybridized carbons (Fsp3) is 0.231. The average Bonchev–Trinajstić information content (AvgIpc) is 2.76. The highest BCUT2D eigenvalue weighted by molar-refractivity contribution is 9.10. The first-order chi connectivity index (χ1) is 7.70. The highest BCUT2D eigenvalue weighted by Crippen LogP contribution is 2.25. The van der Waals surface area contributed by atoms with Crippen molar-refractivity contribution in [3.63, 3.8) is 0 Å². The van der Waals surface area contributed by atoms with E-state index in [2.05, 4.69) is 15.9 Å². The van der Waals surface area contributed by atoms with Crippen LogP contribution in [0.15, 0.2) is 45.3 Å². The summed E-state index contributed by atoms with van der Waals surface area (Å²) >= 11 is 3.38. The van der Waals surface area contributed by atoms with Crippen molar-refractivity contribution in [1.82, 2.24) is 0 Å². The monoisotopic (exact) mass is 280 g/mol. The molecule has 0 amide bonds. The van der Waals surface area contributed by atoms with Crippen LogP contribution < -0.4 is 0 Å². The lowest BCUT2D eigenvalue weighted by molar-refractivity contribution is 0.187. The molecule has 0 unspecified atom stereocenters. The number of rotatable bonds is 3. The van der Waals surface area contributed by atoms with Crippen molar-refractivity contribution >= 4 is 15.9 Å². The molecule has 0 radical (unpaired) electrons. The van der Waals surface area contributed by atoms with Crippen LogP contribution >= 0.6 is 15.9 Å². The Kier molecular flexibility index (Phi) is 3.46. The molecule has 0 aliphatic rings. The van der Waals surface area contributed by atoms with Gasteiger partial charge < -0.3 is 9.52 Å². The van der Waals surface area contributed by atoms with Gasteiger partial charge in [0.05, 0.1) is 0 Å². The van der Waals surface area contributed by atoms with Crippen molar-refractivity contribution in [2.45, 2.75) is 19.4 Å². The molecule has 1 atom stereocenters. The number of hydrogen-bond acceptors (Lipinski definition) is 2. The van der Waals surface area contributed by atoms with Crippen LogP contribution in [0.3, 0.4) is 0 Å². The maximum Gasteiger partial charge on any atom is 0.137 e. The summed E-state index contributed by atoms with van der Waals surface area (Å²) < 4.78 is 6.47. The minimum atomic E-state index is -0.696. The van der Waals surface area contributed by atoms with Gasteiger partial charge in [0.2, 0.25) is 0 Å². The third-order valence-corrected chi connectivity index (χ3v) is 2.96. The van der Waals surface area contributed by atoms with Gasteiger partial charge in [-0.05, 0) is 29.8 Å². The molecule has 1 heterocycles. The number of aliphatic hydroxyl groups is 1. The molecule has 0 saturated heterocycles. The molecule has 3 heteroatoms. The molecule has 0 aliphatic heterocycles. The van der Waals surface area contributed by atoms with Gasteiger partial charge in [0.1, 0.15) is 17.6 Å². The molecule has 2 rings (SSSR count). The van der Waals surface area contributed by atoms with Crippen LogP contribution in [0.5, 0.6) is 0 Å². The number of aryl methyl sites for hydroxylation is 1. The second-order valence-corrected chi connectivity index (χ2v) is 4.53. The van der Waals surface area contributed by atoms with Crippen LogP contribution in [0.25, 0.3) is 0 Å². The van der Waals surface area contributed by atoms with E-state index in [1.807, 2.05) is 43.3 Å². The second-order valence-electron chi connectivity index (χ2n) is 3.62. The summed E-state index contributed by atoms with van der Waals surface area (Å²) in [7, 11) is 0. The van der Waals surface area contributed by atoms with Gasteiger partial charge in [-0.15, -0.1) is 0 Å². The fourth-order valence-electron chi connectivity index (χ4n) is 1.57. The molecule has 16 heavy (non-hydrogen) atoms. The Bertz CT molecular complexity index is 476. The van der Waals surface area contributed by atoms with E-state index in [-0.39, 0.29) is 0 Å². The van der Waals surface area contributed by atoms with Gasteiger partial charge >= 0.3 is 0 Å². The number of benzene rings is 1. The van der Waals surface area contributed by atoms with Gasteiger partial charge in [0, 0.05) is 10.9 Å². The molecule has 0 saturated carbocycles. The molecule has 2 nitrogen and oxygen atoms in total. The van der Waals surface area contributed by atoms with Gasteiger partial charge in [-0.1, -0.05) is 35.0 Å². The first kappa shape index (κ1) is 11.4. The molecule has 1 N–H and O–H groups in total. The molecule has 0 spiro atoms. The maximum absolute atomic E-state index is 10.1. The van der Waals surface area contributed by atoms with Crippen molar-refractivity contribution in [3.8, 4) is 0 Å². The highest BCUT2D eigenvalue weighted by Gasteiger charge is 2.14. The molecule has 1 aromatic carbocycles. The number of aliphatic hydroxyl groups excluding tert-OH is 1. The van der Waals surface area contributed by atoms with E-state index in [1.165, 1.54) is 0 Å². The predicted molar refractivity (Wildman–Crippen MR) is 66.3 cm³/mol. The number of furan rings is 1. The Hall–Kier alpha value is -1.06. The van der Waals surface area contributed by atoms with Gasteiger partial charge in [0.15, 0.2) is 0 Å². The maximum atomic E-state index is 10.1. The summed E-state index contributed by atoms with van der Waals surface area (Å²) in [6.07, 6.45) is 0.142. The SMILES string of the molecule is CCc1ccc([C@H](O)c2cccc(Br)c2)o1. The molecular weight excluding hydrogens is 268 g/mol. The Morgan fingerprint density at radius 3 is 2.75 bits per heavy atom. The van der Waals surface area contributed by atoms with Crippen LogP contribution in [0.1, 0.15) is 30.1 Å². The first-order valence-electron chi connectivity index (χ1n) is 5.23. The second kappa shape index (κ2) is 4.85. The normalized spacial score (nSPS) is 12.7. The third-order valence-electron chi connectivity index (χ3n) is 2.46. The Labute approximate surface area is 103 Å². The van der Waals surface area contributed by atoms with E-state index in [4.69, 9.17) is 4.42 Å². The Balaban J connectivity index is 2.27. The van der Waals surface area contributed by atoms with E-state index in [9.17, 15) is 5.11 Å². The van der Waals surface area contributed by atoms with Gasteiger partial charge in [-0.2, -0.15) is 0 Å². The lowest BCUT2D eigenvalue weighted by atomic mass is 10.1. The first-order valence-corrected chi connectivity index (χ1v) is 6.02. The molecule has 0 aliphatic carbocycles. The average molecular weight is 281 g/mol. The van der Waals surface area contributed by atoms with Crippen molar-refractivity contribution in [1.29, 1.82) is 0 Å². The van der Waals surface area contributed by atoms with E-state index in [0.717, 1.165) is 22.2 Å². The zero-order chi connectivity index (χ0) is 11.5. The van der Waals surface area contributed by atoms with Gasteiger partial charge in [-0.25, -0.2) is 0 Å². The van der Waals surface area contributed by atoms with Crippen LogP contribution in [0.2, 0.25) is 0 Å². The summed E-state index contributed by atoms with van der Waals surface area (Å²) in [5, 5.41) is 10.1. The van der Waals surface area contributed by atoms with E-state index < -0.39 is 6.10 Å². The zero-order valence-electron chi connectivity index (χ0n) is 8.98. The topological polar surface area (TPSA) is 33.4 Å². The van der Waals surface area contributed by atoms with Crippen LogP contribution in [0, 0.1) is 0 Å². The standard InChI is InChI=1S/C13H13BrO2/c1-2-11-6-7-12(16-11)13(15)9-4-3-5-10(14)8-9/h3-8,13,15H,2H2,1H3/t13-/m1/s1. The van der Waals surface area contributed by atoms with E-state index >= 15 is 0 Å². The van der Waals surface area contributed by atoms with Crippen molar-refractivity contribution in [2.24, 2.45) is 0 Å². The minimum Gasteiger partial charge on any atom is -0.463 e. The Morgan fingerprint density at radius 1 is 1.31 bits per heavy atom. The van der Waals surface area contributed by atoms with Gasteiger partial charge in [0.25, 0.3) is 0 Å². The van der Waals surface area contributed by atoms with Crippen molar-refractivity contribution < 1.29 is 9.52 Å². The smallest absolute Gasteiger partial charge is 0.137 e. The fourth-order valence-corrected chi connectivity index (χ4v) is 1.99. The third kappa shape index (κ3) is 2.36. The molecule has 84 valence electrons. The Morgan fingerprint density at radius 2 is 2.12 bits per heavy atom. The summed E-state index contributed by atoms with van der Waals surface area (Å²) in [4.78, 5) is 0. The zero-order valence-corrected chi connectivity index (χ0v) is 10.6. The number of hydrogen-bond donors (Lipinski definition) is 1. The summed E-state index contributed by atoms with van der Waals surface area (Å²) in [5.74, 6) is 1.49. The van der Waals surface area contributed by atoms with Crippen LogP contribution in [-0.4, -0.2) is 5.11 Å². The van der Waals surface area contributed by atoms with Crippen molar-refractivity contribution in [3.05, 3.63) is 58.0 Å². The van der Waals surface area contributed by atoms with Crippen LogP contribution in [0.4, 0.5) is 0 Å². The molecule has 0 bridgehead atoms. The molecule has 0 fully saturated rings. The molecule has 1 aromatic heterocycles. The summed E-state index contributed by atoms with van der Waals surface area (Å²) in [6, 6.07) is 11.3. The quantitative estimate of drug-likeness (QED) is 0.930. The predicted octanol–water partition coefficient (Wildman–Crippen LogP) is 3.69. The largest absolute Gasteiger partial charge is 0.463 e. The molecule has 2 aromatic rings. The van der Waals surface area contributed by atoms with E-state index in [0.29, 0.717) is 5.76 Å². The summed E-state index contributed by atoms with van der Waals surface area (Å²) in [5.41, 5.74) is 0.825. The number of halogens is 1. The van der Waals surface area contributed by atoms with E-state index in [1.54, 1.807) is 0 Å². The summed E-state index contributed by atoms with van der Waals surface area (Å²) in [6.45, 7) is 2.02. The van der Waals surface area contributed by atoms with Crippen LogP contribution in [-0.2, 0) is 6.42 Å². The van der Waals surface area contributed by atoms with Crippen molar-refractivity contribution in [2.75, 3.05) is 0 Å². The highest BCUT2D eigenvalue weighted by atomic mass is 79.9. The molecular formula is C13H13BrO2. The lowest BCUT2D eigenvalue weighted by Gasteiger charge is -2.08.